The predicted molar refractivity (Wildman–Crippen MR) is 56.1 cm³/mol. The molecule has 2 atom stereocenters. The van der Waals surface area contributed by atoms with Crippen molar-refractivity contribution in [3.05, 3.63) is 0 Å². The number of hydrogen-bond acceptors (Lipinski definition) is 3. The Balaban J connectivity index is 3.69. The molecule has 0 aliphatic heterocycles. The Morgan fingerprint density at radius 1 is 1.29 bits per heavy atom. The van der Waals surface area contributed by atoms with Crippen LogP contribution in [0.3, 0.4) is 0 Å². The van der Waals surface area contributed by atoms with Crippen molar-refractivity contribution >= 4 is 7.82 Å². The number of rotatable bonds is 8. The maximum Gasteiger partial charge on any atom is 0.472 e. The standard InChI is InChI=1S/C9H21O4P/c1-4-6-9(3)8-13-14(10,11)12-7-5-2/h9H,4-8H2,1-3H3,(H,10,11). The van der Waals surface area contributed by atoms with E-state index in [-0.39, 0.29) is 13.2 Å². The molecule has 0 spiro atoms. The van der Waals surface area contributed by atoms with E-state index >= 15 is 0 Å². The van der Waals surface area contributed by atoms with E-state index < -0.39 is 7.82 Å². The zero-order chi connectivity index (χ0) is 11.0. The van der Waals surface area contributed by atoms with Crippen molar-refractivity contribution in [1.29, 1.82) is 0 Å². The molecule has 0 aromatic carbocycles. The minimum atomic E-state index is -3.79. The summed E-state index contributed by atoms with van der Waals surface area (Å²) in [5.74, 6) is 0.297. The summed E-state index contributed by atoms with van der Waals surface area (Å²) >= 11 is 0. The first-order valence-electron chi connectivity index (χ1n) is 5.13. The molecule has 86 valence electrons. The minimum Gasteiger partial charge on any atom is -0.302 e. The molecular formula is C9H21O4P. The van der Waals surface area contributed by atoms with Crippen LogP contribution in [0.25, 0.3) is 0 Å². The smallest absolute Gasteiger partial charge is 0.302 e. The fraction of sp³-hybridized carbons (Fsp3) is 1.00. The van der Waals surface area contributed by atoms with Crippen molar-refractivity contribution in [3.8, 4) is 0 Å². The van der Waals surface area contributed by atoms with Crippen LogP contribution in [0.1, 0.15) is 40.0 Å². The quantitative estimate of drug-likeness (QED) is 0.644. The molecule has 2 unspecified atom stereocenters. The third-order valence-electron chi connectivity index (χ3n) is 1.76. The highest BCUT2D eigenvalue weighted by molar-refractivity contribution is 7.47. The SMILES string of the molecule is CCCOP(=O)(O)OCC(C)CCC. The van der Waals surface area contributed by atoms with Crippen LogP contribution in [-0.2, 0) is 13.6 Å². The molecule has 0 fully saturated rings. The molecule has 0 bridgehead atoms. The molecule has 0 aliphatic rings. The van der Waals surface area contributed by atoms with Crippen molar-refractivity contribution in [2.24, 2.45) is 5.92 Å². The Morgan fingerprint density at radius 3 is 2.43 bits per heavy atom. The van der Waals surface area contributed by atoms with Gasteiger partial charge >= 0.3 is 7.82 Å². The van der Waals surface area contributed by atoms with Gasteiger partial charge in [-0.15, -0.1) is 0 Å². The van der Waals surface area contributed by atoms with Gasteiger partial charge < -0.3 is 4.89 Å². The lowest BCUT2D eigenvalue weighted by molar-refractivity contribution is 0.132. The van der Waals surface area contributed by atoms with Crippen LogP contribution in [0.2, 0.25) is 0 Å². The highest BCUT2D eigenvalue weighted by Gasteiger charge is 2.21. The van der Waals surface area contributed by atoms with Crippen LogP contribution in [-0.4, -0.2) is 18.1 Å². The van der Waals surface area contributed by atoms with Gasteiger partial charge in [-0.3, -0.25) is 9.05 Å². The Bertz CT molecular complexity index is 184. The van der Waals surface area contributed by atoms with Gasteiger partial charge in [0, 0.05) is 0 Å². The van der Waals surface area contributed by atoms with E-state index in [0.29, 0.717) is 12.3 Å². The third kappa shape index (κ3) is 7.51. The summed E-state index contributed by atoms with van der Waals surface area (Å²) in [6.45, 7) is 6.48. The second kappa shape index (κ2) is 7.41. The molecular weight excluding hydrogens is 203 g/mol. The zero-order valence-electron chi connectivity index (χ0n) is 9.23. The third-order valence-corrected chi connectivity index (χ3v) is 2.75. The van der Waals surface area contributed by atoms with Crippen LogP contribution >= 0.6 is 7.82 Å². The summed E-state index contributed by atoms with van der Waals surface area (Å²) in [5.41, 5.74) is 0. The van der Waals surface area contributed by atoms with Gasteiger partial charge in [-0.1, -0.05) is 27.2 Å². The van der Waals surface area contributed by atoms with Gasteiger partial charge in [0.05, 0.1) is 13.2 Å². The second-order valence-electron chi connectivity index (χ2n) is 3.49. The lowest BCUT2D eigenvalue weighted by Crippen LogP contribution is -2.05. The van der Waals surface area contributed by atoms with E-state index in [4.69, 9.17) is 9.05 Å². The molecule has 0 amide bonds. The minimum absolute atomic E-state index is 0.260. The van der Waals surface area contributed by atoms with Crippen molar-refractivity contribution in [2.75, 3.05) is 13.2 Å². The summed E-state index contributed by atoms with van der Waals surface area (Å²) in [5, 5.41) is 0. The van der Waals surface area contributed by atoms with E-state index in [9.17, 15) is 9.46 Å². The highest BCUT2D eigenvalue weighted by Crippen LogP contribution is 2.43. The molecule has 0 aliphatic carbocycles. The van der Waals surface area contributed by atoms with Gasteiger partial charge in [0.2, 0.25) is 0 Å². The molecule has 1 N–H and O–H groups in total. The number of phosphoric ester groups is 1. The molecule has 0 radical (unpaired) electrons. The zero-order valence-corrected chi connectivity index (χ0v) is 10.1. The molecule has 0 saturated heterocycles. The van der Waals surface area contributed by atoms with Gasteiger partial charge in [0.1, 0.15) is 0 Å². The molecule has 0 aromatic heterocycles. The first-order chi connectivity index (χ1) is 6.52. The normalized spacial score (nSPS) is 17.7. The second-order valence-corrected chi connectivity index (χ2v) is 4.94. The molecule has 0 saturated carbocycles. The van der Waals surface area contributed by atoms with Crippen molar-refractivity contribution in [3.63, 3.8) is 0 Å². The van der Waals surface area contributed by atoms with E-state index in [0.717, 1.165) is 12.8 Å². The summed E-state index contributed by atoms with van der Waals surface area (Å²) in [4.78, 5) is 9.17. The maximum atomic E-state index is 11.2. The monoisotopic (exact) mass is 224 g/mol. The van der Waals surface area contributed by atoms with Gasteiger partial charge in [-0.2, -0.15) is 0 Å². The van der Waals surface area contributed by atoms with Crippen LogP contribution in [0.5, 0.6) is 0 Å². The lowest BCUT2D eigenvalue weighted by Gasteiger charge is -2.14. The fourth-order valence-corrected chi connectivity index (χ4v) is 1.97. The number of hydrogen-bond donors (Lipinski definition) is 1. The van der Waals surface area contributed by atoms with E-state index in [1.807, 2.05) is 13.8 Å². The van der Waals surface area contributed by atoms with Gasteiger partial charge in [0.25, 0.3) is 0 Å². The summed E-state index contributed by atoms with van der Waals surface area (Å²) in [7, 11) is -3.79. The predicted octanol–water partition coefficient (Wildman–Crippen LogP) is 2.97. The van der Waals surface area contributed by atoms with E-state index in [2.05, 4.69) is 6.92 Å². The Kier molecular flexibility index (Phi) is 7.47. The van der Waals surface area contributed by atoms with E-state index in [1.54, 1.807) is 0 Å². The van der Waals surface area contributed by atoms with Crippen LogP contribution in [0.4, 0.5) is 0 Å². The first kappa shape index (κ1) is 14.1. The number of phosphoric acid groups is 1. The Labute approximate surface area is 86.2 Å². The molecule has 0 rings (SSSR count). The Hall–Kier alpha value is 0.110. The van der Waals surface area contributed by atoms with Gasteiger partial charge in [0.15, 0.2) is 0 Å². The molecule has 0 heterocycles. The molecule has 4 nitrogen and oxygen atoms in total. The average Bonchev–Trinajstić information content (AvgIpc) is 2.13. The molecule has 5 heteroatoms. The summed E-state index contributed by atoms with van der Waals surface area (Å²) < 4.78 is 20.7. The van der Waals surface area contributed by atoms with Crippen molar-refractivity contribution in [2.45, 2.75) is 40.0 Å². The summed E-state index contributed by atoms with van der Waals surface area (Å²) in [6.07, 6.45) is 2.75. The van der Waals surface area contributed by atoms with Crippen LogP contribution in [0.15, 0.2) is 0 Å². The van der Waals surface area contributed by atoms with Crippen LogP contribution < -0.4 is 0 Å². The van der Waals surface area contributed by atoms with E-state index in [1.165, 1.54) is 0 Å². The lowest BCUT2D eigenvalue weighted by atomic mass is 10.1. The van der Waals surface area contributed by atoms with Gasteiger partial charge in [-0.25, -0.2) is 4.57 Å². The van der Waals surface area contributed by atoms with Gasteiger partial charge in [-0.05, 0) is 18.8 Å². The topological polar surface area (TPSA) is 55.8 Å². The highest BCUT2D eigenvalue weighted by atomic mass is 31.2. The fourth-order valence-electron chi connectivity index (χ4n) is 1.04. The first-order valence-corrected chi connectivity index (χ1v) is 6.63. The average molecular weight is 224 g/mol. The van der Waals surface area contributed by atoms with Crippen molar-refractivity contribution in [1.82, 2.24) is 0 Å². The largest absolute Gasteiger partial charge is 0.472 e. The maximum absolute atomic E-state index is 11.2. The van der Waals surface area contributed by atoms with Crippen molar-refractivity contribution < 1.29 is 18.5 Å². The molecule has 14 heavy (non-hydrogen) atoms. The Morgan fingerprint density at radius 2 is 1.93 bits per heavy atom. The molecule has 0 aromatic rings. The van der Waals surface area contributed by atoms with Crippen LogP contribution in [0, 0.1) is 5.92 Å². The summed E-state index contributed by atoms with van der Waals surface area (Å²) in [6, 6.07) is 0.